The molecule has 1 aromatic carbocycles. The number of ketones is 1. The summed E-state index contributed by atoms with van der Waals surface area (Å²) in [6.07, 6.45) is 5.98. The molecule has 0 unspecified atom stereocenters. The number of rotatable bonds is 9. The molecule has 0 saturated carbocycles. The number of nitrogens with zero attached hydrogens (tertiary/aromatic N) is 1. The molecule has 1 aromatic heterocycles. The maximum absolute atomic E-state index is 12.8. The van der Waals surface area contributed by atoms with E-state index in [0.29, 0.717) is 17.4 Å². The van der Waals surface area contributed by atoms with Gasteiger partial charge in [-0.25, -0.2) is 9.59 Å². The average Bonchev–Trinajstić information content (AvgIpc) is 2.65. The maximum atomic E-state index is 12.8. The van der Waals surface area contributed by atoms with Gasteiger partial charge < -0.3 is 9.25 Å². The second kappa shape index (κ2) is 10.1. The summed E-state index contributed by atoms with van der Waals surface area (Å²) in [5.41, 5.74) is -0.367. The monoisotopic (exact) mass is 389 g/mol. The number of hydrogen-bond acceptors (Lipinski definition) is 7. The van der Waals surface area contributed by atoms with Crippen molar-refractivity contribution >= 4 is 40.2 Å². The summed E-state index contributed by atoms with van der Waals surface area (Å²) in [7, 11) is 0. The summed E-state index contributed by atoms with van der Waals surface area (Å²) in [6.45, 7) is 3.29. The SMILES string of the molecule is CCCCCC/C(=N\OC(C)=O)C(=O)c1cc2ccc(SC)cc2oc1=O. The lowest BCUT2D eigenvalue weighted by Crippen LogP contribution is -2.22. The van der Waals surface area contributed by atoms with E-state index in [2.05, 4.69) is 16.9 Å². The third-order valence-electron chi connectivity index (χ3n) is 4.00. The van der Waals surface area contributed by atoms with Gasteiger partial charge in [-0.1, -0.05) is 37.4 Å². The van der Waals surface area contributed by atoms with Gasteiger partial charge in [-0.2, -0.15) is 0 Å². The molecule has 0 atom stereocenters. The molecule has 0 aliphatic heterocycles. The number of carbonyl (C=O) groups is 2. The fourth-order valence-electron chi connectivity index (χ4n) is 2.57. The third-order valence-corrected chi connectivity index (χ3v) is 4.73. The number of thioether (sulfide) groups is 1. The lowest BCUT2D eigenvalue weighted by atomic mass is 10.0. The second-order valence-corrected chi connectivity index (χ2v) is 6.99. The van der Waals surface area contributed by atoms with Crippen molar-refractivity contribution in [3.63, 3.8) is 0 Å². The number of oxime groups is 1. The predicted octanol–water partition coefficient (Wildman–Crippen LogP) is 4.59. The summed E-state index contributed by atoms with van der Waals surface area (Å²) in [4.78, 5) is 41.8. The number of hydrogen-bond donors (Lipinski definition) is 0. The fraction of sp³-hybridized carbons (Fsp3) is 0.400. The summed E-state index contributed by atoms with van der Waals surface area (Å²) in [5.74, 6) is -1.19. The first-order valence-corrected chi connectivity index (χ1v) is 10.1. The molecule has 6 nitrogen and oxygen atoms in total. The van der Waals surface area contributed by atoms with Crippen LogP contribution in [0.1, 0.15) is 56.3 Å². The summed E-state index contributed by atoms with van der Waals surface area (Å²) < 4.78 is 5.32. The molecule has 0 spiro atoms. The Labute approximate surface area is 162 Å². The lowest BCUT2D eigenvalue weighted by Gasteiger charge is -2.06. The van der Waals surface area contributed by atoms with Crippen LogP contribution in [0.15, 0.2) is 43.5 Å². The lowest BCUT2D eigenvalue weighted by molar-refractivity contribution is -0.140. The van der Waals surface area contributed by atoms with E-state index >= 15 is 0 Å². The Kier molecular flexibility index (Phi) is 7.79. The van der Waals surface area contributed by atoms with Crippen LogP contribution in [0.5, 0.6) is 0 Å². The van der Waals surface area contributed by atoms with Crippen molar-refractivity contribution in [3.05, 3.63) is 40.2 Å². The van der Waals surface area contributed by atoms with E-state index in [4.69, 9.17) is 4.42 Å². The van der Waals surface area contributed by atoms with E-state index < -0.39 is 17.4 Å². The van der Waals surface area contributed by atoms with Crippen LogP contribution in [0.2, 0.25) is 0 Å². The largest absolute Gasteiger partial charge is 0.422 e. The van der Waals surface area contributed by atoms with Crippen LogP contribution in [-0.2, 0) is 9.63 Å². The van der Waals surface area contributed by atoms with Gasteiger partial charge in [0.1, 0.15) is 16.9 Å². The van der Waals surface area contributed by atoms with Crippen molar-refractivity contribution in [2.24, 2.45) is 5.16 Å². The molecule has 0 radical (unpaired) electrons. The zero-order valence-corrected chi connectivity index (χ0v) is 16.6. The summed E-state index contributed by atoms with van der Waals surface area (Å²) in [6, 6.07) is 6.95. The van der Waals surface area contributed by atoms with Gasteiger partial charge in [0.15, 0.2) is 0 Å². The quantitative estimate of drug-likeness (QED) is 0.119. The first kappa shape index (κ1) is 20.9. The number of fused-ring (bicyclic) bond motifs is 1. The zero-order chi connectivity index (χ0) is 19.8. The van der Waals surface area contributed by atoms with E-state index in [1.165, 1.54) is 24.8 Å². The van der Waals surface area contributed by atoms with Gasteiger partial charge in [-0.15, -0.1) is 11.8 Å². The molecule has 27 heavy (non-hydrogen) atoms. The van der Waals surface area contributed by atoms with Crippen molar-refractivity contribution in [1.29, 1.82) is 0 Å². The number of Topliss-reactive ketones (excluding diaryl/α,β-unsaturated/α-hetero) is 1. The van der Waals surface area contributed by atoms with E-state index in [9.17, 15) is 14.4 Å². The zero-order valence-electron chi connectivity index (χ0n) is 15.7. The molecule has 0 saturated heterocycles. The molecule has 0 fully saturated rings. The first-order chi connectivity index (χ1) is 13.0. The van der Waals surface area contributed by atoms with Crippen molar-refractivity contribution in [2.75, 3.05) is 6.26 Å². The normalized spacial score (nSPS) is 11.6. The van der Waals surface area contributed by atoms with Gasteiger partial charge in [0.25, 0.3) is 0 Å². The smallest absolute Gasteiger partial charge is 0.347 e. The molecule has 0 aliphatic carbocycles. The Morgan fingerprint density at radius 2 is 1.96 bits per heavy atom. The highest BCUT2D eigenvalue weighted by molar-refractivity contribution is 7.98. The Balaban J connectivity index is 2.34. The van der Waals surface area contributed by atoms with Crippen LogP contribution in [0, 0.1) is 0 Å². The van der Waals surface area contributed by atoms with Gasteiger partial charge in [-0.05, 0) is 37.3 Å². The maximum Gasteiger partial charge on any atom is 0.347 e. The van der Waals surface area contributed by atoms with Crippen molar-refractivity contribution < 1.29 is 18.8 Å². The van der Waals surface area contributed by atoms with Crippen LogP contribution in [-0.4, -0.2) is 23.7 Å². The van der Waals surface area contributed by atoms with Crippen LogP contribution in [0.3, 0.4) is 0 Å². The molecule has 1 heterocycles. The highest BCUT2D eigenvalue weighted by Gasteiger charge is 2.20. The molecular formula is C20H23NO5S. The Hall–Kier alpha value is -2.41. The van der Waals surface area contributed by atoms with Crippen LogP contribution >= 0.6 is 11.8 Å². The topological polar surface area (TPSA) is 85.9 Å². The summed E-state index contributed by atoms with van der Waals surface area (Å²) >= 11 is 1.53. The Morgan fingerprint density at radius 1 is 1.19 bits per heavy atom. The van der Waals surface area contributed by atoms with Gasteiger partial charge in [0, 0.05) is 17.2 Å². The fourth-order valence-corrected chi connectivity index (χ4v) is 3.00. The molecule has 2 aromatic rings. The van der Waals surface area contributed by atoms with E-state index in [1.54, 1.807) is 12.1 Å². The molecular weight excluding hydrogens is 366 g/mol. The Morgan fingerprint density at radius 3 is 2.63 bits per heavy atom. The number of unbranched alkanes of at least 4 members (excludes halogenated alkanes) is 3. The molecule has 0 N–H and O–H groups in total. The molecule has 7 heteroatoms. The van der Waals surface area contributed by atoms with Crippen LogP contribution in [0.25, 0.3) is 11.0 Å². The van der Waals surface area contributed by atoms with E-state index in [0.717, 1.165) is 30.6 Å². The molecule has 2 rings (SSSR count). The average molecular weight is 389 g/mol. The Bertz CT molecular complexity index is 916. The minimum absolute atomic E-state index is 0.0497. The number of benzene rings is 1. The second-order valence-electron chi connectivity index (χ2n) is 6.11. The van der Waals surface area contributed by atoms with Crippen molar-refractivity contribution in [1.82, 2.24) is 0 Å². The molecule has 0 amide bonds. The summed E-state index contributed by atoms with van der Waals surface area (Å²) in [5, 5.41) is 4.33. The van der Waals surface area contributed by atoms with E-state index in [1.807, 2.05) is 12.3 Å². The van der Waals surface area contributed by atoms with Gasteiger partial charge >= 0.3 is 11.6 Å². The van der Waals surface area contributed by atoms with Gasteiger partial charge in [0.05, 0.1) is 0 Å². The van der Waals surface area contributed by atoms with Crippen molar-refractivity contribution in [3.8, 4) is 0 Å². The minimum Gasteiger partial charge on any atom is -0.422 e. The minimum atomic E-state index is -0.727. The van der Waals surface area contributed by atoms with Crippen molar-refractivity contribution in [2.45, 2.75) is 50.8 Å². The standard InChI is InChI=1S/C20H23NO5S/c1-4-5-6-7-8-17(21-26-13(2)22)19(23)16-11-14-9-10-15(27-3)12-18(14)25-20(16)24/h9-12H,4-8H2,1-3H3/b21-17+. The third kappa shape index (κ3) is 5.79. The van der Waals surface area contributed by atoms with Gasteiger partial charge in [-0.3, -0.25) is 4.79 Å². The number of carbonyl (C=O) groups excluding carboxylic acids is 2. The predicted molar refractivity (Wildman–Crippen MR) is 107 cm³/mol. The first-order valence-electron chi connectivity index (χ1n) is 8.87. The molecule has 0 bridgehead atoms. The highest BCUT2D eigenvalue weighted by Crippen LogP contribution is 2.22. The molecule has 0 aliphatic rings. The van der Waals surface area contributed by atoms with Gasteiger partial charge in [0.2, 0.25) is 5.78 Å². The van der Waals surface area contributed by atoms with Crippen LogP contribution < -0.4 is 5.63 Å². The van der Waals surface area contributed by atoms with Crippen LogP contribution in [0.4, 0.5) is 0 Å². The van der Waals surface area contributed by atoms with E-state index in [-0.39, 0.29) is 11.3 Å². The molecule has 144 valence electrons. The highest BCUT2D eigenvalue weighted by atomic mass is 32.2.